The van der Waals surface area contributed by atoms with Gasteiger partial charge in [0.05, 0.1) is 17.6 Å². The highest BCUT2D eigenvalue weighted by Crippen LogP contribution is 2.21. The molecule has 0 aliphatic carbocycles. The minimum absolute atomic E-state index is 0.581. The predicted molar refractivity (Wildman–Crippen MR) is 62.6 cm³/mol. The van der Waals surface area contributed by atoms with Gasteiger partial charge in [-0.15, -0.1) is 0 Å². The molecule has 2 heterocycles. The van der Waals surface area contributed by atoms with Crippen LogP contribution in [0.2, 0.25) is 0 Å². The van der Waals surface area contributed by atoms with Crippen LogP contribution < -0.4 is 11.1 Å². The van der Waals surface area contributed by atoms with Crippen molar-refractivity contribution in [2.45, 2.75) is 18.9 Å². The molecular formula is C10H15N3S. The van der Waals surface area contributed by atoms with Gasteiger partial charge in [0.1, 0.15) is 0 Å². The second-order valence-electron chi connectivity index (χ2n) is 3.57. The van der Waals surface area contributed by atoms with Crippen LogP contribution in [0.25, 0.3) is 0 Å². The van der Waals surface area contributed by atoms with E-state index in [1.807, 2.05) is 24.0 Å². The average Bonchev–Trinajstić information content (AvgIpc) is 2.19. The number of hydrogen-bond donors (Lipinski definition) is 2. The Bertz CT molecular complexity index is 297. The number of nitrogens with two attached hydrogens (primary N) is 1. The van der Waals surface area contributed by atoms with Gasteiger partial charge >= 0.3 is 0 Å². The van der Waals surface area contributed by atoms with E-state index in [4.69, 9.17) is 5.73 Å². The minimum atomic E-state index is 0.581. The summed E-state index contributed by atoms with van der Waals surface area (Å²) in [4.78, 5) is 4.06. The van der Waals surface area contributed by atoms with Gasteiger partial charge in [-0.3, -0.25) is 4.98 Å². The molecule has 1 aliphatic heterocycles. The second kappa shape index (κ2) is 4.55. The monoisotopic (exact) mass is 209 g/mol. The summed E-state index contributed by atoms with van der Waals surface area (Å²) >= 11 is 2.01. The standard InChI is InChI=1S/C10H15N3S/c11-8-4-10(6-12-5-8)13-9-2-1-3-14-7-9/h4-6,9,13H,1-3,7,11H2. The van der Waals surface area contributed by atoms with Crippen LogP contribution in [0.15, 0.2) is 18.5 Å². The Morgan fingerprint density at radius 2 is 2.43 bits per heavy atom. The molecule has 1 aliphatic rings. The lowest BCUT2D eigenvalue weighted by Gasteiger charge is -2.23. The Morgan fingerprint density at radius 3 is 3.14 bits per heavy atom. The van der Waals surface area contributed by atoms with E-state index in [0.717, 1.165) is 11.4 Å². The van der Waals surface area contributed by atoms with E-state index < -0.39 is 0 Å². The molecule has 14 heavy (non-hydrogen) atoms. The van der Waals surface area contributed by atoms with Gasteiger partial charge in [-0.05, 0) is 24.7 Å². The Balaban J connectivity index is 1.95. The van der Waals surface area contributed by atoms with E-state index in [1.165, 1.54) is 24.3 Å². The van der Waals surface area contributed by atoms with Gasteiger partial charge < -0.3 is 11.1 Å². The number of nitrogens with zero attached hydrogens (tertiary/aromatic N) is 1. The van der Waals surface area contributed by atoms with E-state index in [-0.39, 0.29) is 0 Å². The fourth-order valence-electron chi connectivity index (χ4n) is 1.63. The maximum absolute atomic E-state index is 5.66. The zero-order chi connectivity index (χ0) is 9.80. The molecule has 1 unspecified atom stereocenters. The molecule has 3 nitrogen and oxygen atoms in total. The first-order valence-corrected chi connectivity index (χ1v) is 6.05. The summed E-state index contributed by atoms with van der Waals surface area (Å²) in [6, 6.07) is 2.52. The summed E-state index contributed by atoms with van der Waals surface area (Å²) in [6.07, 6.45) is 6.05. The Hall–Kier alpha value is -0.900. The lowest BCUT2D eigenvalue weighted by molar-refractivity contribution is 0.685. The number of pyridine rings is 1. The largest absolute Gasteiger partial charge is 0.397 e. The van der Waals surface area contributed by atoms with Crippen LogP contribution >= 0.6 is 11.8 Å². The van der Waals surface area contributed by atoms with Crippen LogP contribution in [0.3, 0.4) is 0 Å². The van der Waals surface area contributed by atoms with Crippen molar-refractivity contribution in [3.63, 3.8) is 0 Å². The van der Waals surface area contributed by atoms with Crippen molar-refractivity contribution in [1.29, 1.82) is 0 Å². The molecule has 0 radical (unpaired) electrons. The topological polar surface area (TPSA) is 50.9 Å². The van der Waals surface area contributed by atoms with Gasteiger partial charge in [-0.25, -0.2) is 0 Å². The molecule has 76 valence electrons. The third-order valence-corrected chi connectivity index (χ3v) is 3.51. The van der Waals surface area contributed by atoms with Crippen molar-refractivity contribution in [2.75, 3.05) is 22.6 Å². The van der Waals surface area contributed by atoms with Gasteiger partial charge in [-0.1, -0.05) is 0 Å². The number of hydrogen-bond acceptors (Lipinski definition) is 4. The fourth-order valence-corrected chi connectivity index (χ4v) is 2.70. The number of rotatable bonds is 2. The number of anilines is 2. The summed E-state index contributed by atoms with van der Waals surface area (Å²) < 4.78 is 0. The van der Waals surface area contributed by atoms with E-state index in [0.29, 0.717) is 6.04 Å². The van der Waals surface area contributed by atoms with E-state index in [9.17, 15) is 0 Å². The Kier molecular flexibility index (Phi) is 3.14. The molecule has 1 saturated heterocycles. The van der Waals surface area contributed by atoms with Crippen molar-refractivity contribution >= 4 is 23.1 Å². The molecular weight excluding hydrogens is 194 g/mol. The van der Waals surface area contributed by atoms with Crippen molar-refractivity contribution in [3.8, 4) is 0 Å². The lowest BCUT2D eigenvalue weighted by atomic mass is 10.2. The maximum Gasteiger partial charge on any atom is 0.0549 e. The minimum Gasteiger partial charge on any atom is -0.397 e. The van der Waals surface area contributed by atoms with Crippen LogP contribution in [0.4, 0.5) is 11.4 Å². The van der Waals surface area contributed by atoms with Crippen LogP contribution in [-0.4, -0.2) is 22.5 Å². The number of aromatic nitrogens is 1. The van der Waals surface area contributed by atoms with Crippen LogP contribution in [-0.2, 0) is 0 Å². The summed E-state index contributed by atoms with van der Waals surface area (Å²) in [5, 5.41) is 3.46. The highest BCUT2D eigenvalue weighted by Gasteiger charge is 2.13. The van der Waals surface area contributed by atoms with Crippen molar-refractivity contribution in [1.82, 2.24) is 4.98 Å². The van der Waals surface area contributed by atoms with Crippen LogP contribution in [0.5, 0.6) is 0 Å². The molecule has 0 saturated carbocycles. The SMILES string of the molecule is Nc1cncc(NC2CCCSC2)c1. The molecule has 3 N–H and O–H groups in total. The first-order valence-electron chi connectivity index (χ1n) is 4.89. The lowest BCUT2D eigenvalue weighted by Crippen LogP contribution is -2.25. The molecule has 1 aromatic rings. The molecule has 4 heteroatoms. The molecule has 0 amide bonds. The van der Waals surface area contributed by atoms with E-state index >= 15 is 0 Å². The molecule has 0 aromatic carbocycles. The Morgan fingerprint density at radius 1 is 1.50 bits per heavy atom. The predicted octanol–water partition coefficient (Wildman–Crippen LogP) is 1.97. The first-order chi connectivity index (χ1) is 6.84. The molecule has 0 bridgehead atoms. The fraction of sp³-hybridized carbons (Fsp3) is 0.500. The highest BCUT2D eigenvalue weighted by atomic mass is 32.2. The normalized spacial score (nSPS) is 21.9. The average molecular weight is 209 g/mol. The van der Waals surface area contributed by atoms with Gasteiger partial charge in [0.2, 0.25) is 0 Å². The third-order valence-electron chi connectivity index (χ3n) is 2.29. The van der Waals surface area contributed by atoms with E-state index in [2.05, 4.69) is 10.3 Å². The molecule has 1 fully saturated rings. The smallest absolute Gasteiger partial charge is 0.0549 e. The van der Waals surface area contributed by atoms with Crippen LogP contribution in [0, 0.1) is 0 Å². The first kappa shape index (κ1) is 9.65. The van der Waals surface area contributed by atoms with Gasteiger partial charge in [0, 0.05) is 18.0 Å². The third kappa shape index (κ3) is 2.54. The molecule has 1 atom stereocenters. The summed E-state index contributed by atoms with van der Waals surface area (Å²) in [7, 11) is 0. The molecule has 0 spiro atoms. The second-order valence-corrected chi connectivity index (χ2v) is 4.72. The van der Waals surface area contributed by atoms with Crippen molar-refractivity contribution in [2.24, 2.45) is 0 Å². The van der Waals surface area contributed by atoms with Crippen molar-refractivity contribution < 1.29 is 0 Å². The summed E-state index contributed by atoms with van der Waals surface area (Å²) in [5.41, 5.74) is 7.42. The number of nitrogen functional groups attached to an aromatic ring is 1. The van der Waals surface area contributed by atoms with Crippen molar-refractivity contribution in [3.05, 3.63) is 18.5 Å². The van der Waals surface area contributed by atoms with Crippen LogP contribution in [0.1, 0.15) is 12.8 Å². The van der Waals surface area contributed by atoms with Gasteiger partial charge in [0.25, 0.3) is 0 Å². The number of nitrogens with one attached hydrogen (secondary N) is 1. The maximum atomic E-state index is 5.66. The van der Waals surface area contributed by atoms with Gasteiger partial charge in [-0.2, -0.15) is 11.8 Å². The molecule has 2 rings (SSSR count). The zero-order valence-electron chi connectivity index (χ0n) is 8.07. The van der Waals surface area contributed by atoms with Gasteiger partial charge in [0.15, 0.2) is 0 Å². The summed E-state index contributed by atoms with van der Waals surface area (Å²) in [6.45, 7) is 0. The quantitative estimate of drug-likeness (QED) is 0.782. The summed E-state index contributed by atoms with van der Waals surface area (Å²) in [5.74, 6) is 2.49. The Labute approximate surface area is 88.5 Å². The molecule has 1 aromatic heterocycles. The number of thioether (sulfide) groups is 1. The highest BCUT2D eigenvalue weighted by molar-refractivity contribution is 7.99. The zero-order valence-corrected chi connectivity index (χ0v) is 8.89. The van der Waals surface area contributed by atoms with E-state index in [1.54, 1.807) is 6.20 Å².